The Morgan fingerprint density at radius 3 is 2.36 bits per heavy atom. The average molecular weight is 343 g/mol. The molecular weight excluding hydrogens is 315 g/mol. The third kappa shape index (κ3) is 5.27. The minimum atomic E-state index is 0. The summed E-state index contributed by atoms with van der Waals surface area (Å²) in [4.78, 5) is 0. The normalized spacial score (nSPS) is 30.9. The highest BCUT2D eigenvalue weighted by Gasteiger charge is 2.39. The summed E-state index contributed by atoms with van der Waals surface area (Å²) in [5.41, 5.74) is 8.80. The first-order valence-electron chi connectivity index (χ1n) is 7.97. The minimum Gasteiger partial charge on any atom is -0.328 e. The van der Waals surface area contributed by atoms with Crippen LogP contribution in [0, 0.1) is 5.92 Å². The first kappa shape index (κ1) is 19.5. The van der Waals surface area contributed by atoms with Crippen LogP contribution in [0.2, 0.25) is 0 Å². The molecule has 0 saturated heterocycles. The van der Waals surface area contributed by atoms with Crippen LogP contribution < -0.4 is 11.1 Å². The molecule has 2 fully saturated rings. The molecule has 2 atom stereocenters. The summed E-state index contributed by atoms with van der Waals surface area (Å²) in [6.07, 6.45) is 8.53. The number of hydrogen-bond acceptors (Lipinski definition) is 2. The Hall–Kier alpha value is -0.540. The van der Waals surface area contributed by atoms with Crippen LogP contribution in [-0.2, 0) is 0 Å². The first-order chi connectivity index (χ1) is 9.72. The van der Waals surface area contributed by atoms with Crippen LogP contribution in [-0.4, -0.2) is 18.1 Å². The quantitative estimate of drug-likeness (QED) is 0.861. The number of benzene rings is 1. The van der Waals surface area contributed by atoms with Crippen LogP contribution in [0.3, 0.4) is 0 Å². The highest BCUT2D eigenvalue weighted by molar-refractivity contribution is 5.85. The summed E-state index contributed by atoms with van der Waals surface area (Å²) in [6, 6.07) is 12.5. The van der Waals surface area contributed by atoms with Gasteiger partial charge in [-0.3, -0.25) is 0 Å². The molecule has 2 aliphatic carbocycles. The lowest BCUT2D eigenvalue weighted by Crippen LogP contribution is -2.38. The van der Waals surface area contributed by atoms with Gasteiger partial charge in [-0.05, 0) is 50.5 Å². The van der Waals surface area contributed by atoms with E-state index in [1.54, 1.807) is 0 Å². The van der Waals surface area contributed by atoms with Crippen molar-refractivity contribution < 1.29 is 0 Å². The van der Waals surface area contributed by atoms with Gasteiger partial charge >= 0.3 is 0 Å². The number of rotatable bonds is 4. The summed E-state index contributed by atoms with van der Waals surface area (Å²) in [7, 11) is 0. The molecule has 0 aromatic heterocycles. The summed E-state index contributed by atoms with van der Waals surface area (Å²) in [6.45, 7) is 2.27. The number of nitrogens with one attached hydrogen (secondary N) is 1. The topological polar surface area (TPSA) is 38.0 Å². The lowest BCUT2D eigenvalue weighted by molar-refractivity contribution is 0.338. The molecule has 2 nitrogen and oxygen atoms in total. The number of hydrogen-bond donors (Lipinski definition) is 2. The summed E-state index contributed by atoms with van der Waals surface area (Å²) in [5, 5.41) is 3.83. The third-order valence-corrected chi connectivity index (χ3v) is 4.79. The van der Waals surface area contributed by atoms with E-state index in [4.69, 9.17) is 5.73 Å². The maximum atomic E-state index is 5.97. The molecule has 3 rings (SSSR count). The third-order valence-electron chi connectivity index (χ3n) is 4.79. The van der Waals surface area contributed by atoms with E-state index in [1.807, 2.05) is 0 Å². The molecule has 2 saturated carbocycles. The van der Waals surface area contributed by atoms with Crippen molar-refractivity contribution in [1.82, 2.24) is 5.32 Å². The molecule has 0 amide bonds. The van der Waals surface area contributed by atoms with E-state index in [1.165, 1.54) is 43.2 Å². The second-order valence-electron chi connectivity index (χ2n) is 6.53. The summed E-state index contributed by atoms with van der Waals surface area (Å²) < 4.78 is 0. The summed E-state index contributed by atoms with van der Waals surface area (Å²) >= 11 is 0. The van der Waals surface area contributed by atoms with Gasteiger partial charge in [0.2, 0.25) is 0 Å². The zero-order valence-corrected chi connectivity index (χ0v) is 14.8. The van der Waals surface area contributed by atoms with E-state index in [-0.39, 0.29) is 24.8 Å². The Labute approximate surface area is 146 Å². The Kier molecular flexibility index (Phi) is 7.92. The monoisotopic (exact) mass is 342 g/mol. The zero-order chi connectivity index (χ0) is 13.9. The fourth-order valence-electron chi connectivity index (χ4n) is 3.39. The highest BCUT2D eigenvalue weighted by Crippen LogP contribution is 2.39. The lowest BCUT2D eigenvalue weighted by atomic mass is 9.92. The van der Waals surface area contributed by atoms with E-state index in [0.717, 1.165) is 5.92 Å². The highest BCUT2D eigenvalue weighted by atomic mass is 35.5. The van der Waals surface area contributed by atoms with Crippen molar-refractivity contribution >= 4 is 30.9 Å². The molecule has 124 valence electrons. The van der Waals surface area contributed by atoms with Gasteiger partial charge in [0, 0.05) is 18.1 Å². The van der Waals surface area contributed by atoms with Gasteiger partial charge in [0.25, 0.3) is 0 Å². The number of halogens is 2. The Morgan fingerprint density at radius 2 is 1.73 bits per heavy atom. The van der Waals surface area contributed by atoms with E-state index < -0.39 is 0 Å². The zero-order valence-electron chi connectivity index (χ0n) is 13.2. The van der Waals surface area contributed by atoms with Crippen LogP contribution in [0.25, 0.3) is 6.08 Å². The van der Waals surface area contributed by atoms with Gasteiger partial charge in [0.15, 0.2) is 0 Å². The van der Waals surface area contributed by atoms with E-state index in [9.17, 15) is 0 Å². The smallest absolute Gasteiger partial charge is 0.0142 e. The second kappa shape index (κ2) is 8.93. The maximum Gasteiger partial charge on any atom is 0.0142 e. The molecule has 4 heteroatoms. The van der Waals surface area contributed by atoms with Crippen LogP contribution in [0.4, 0.5) is 0 Å². The van der Waals surface area contributed by atoms with E-state index in [2.05, 4.69) is 48.6 Å². The van der Waals surface area contributed by atoms with Crippen LogP contribution in [0.1, 0.15) is 44.6 Å². The molecule has 0 spiro atoms. The lowest BCUT2D eigenvalue weighted by Gasteiger charge is -2.27. The standard InChI is InChI=1S/C18H26N2.2ClH/c1-13(11-14-5-3-2-4-6-14)17-12-18(17)20-16-9-7-15(19)8-10-16;;/h2-6,11,15-18,20H,7-10,12,19H2,1H3;2*1H/b13-11+;;. The molecule has 0 aliphatic heterocycles. The Balaban J connectivity index is 0.00000121. The Bertz CT molecular complexity index is 467. The minimum absolute atomic E-state index is 0. The van der Waals surface area contributed by atoms with Crippen molar-refractivity contribution in [3.63, 3.8) is 0 Å². The van der Waals surface area contributed by atoms with E-state index in [0.29, 0.717) is 18.1 Å². The molecule has 2 aliphatic rings. The summed E-state index contributed by atoms with van der Waals surface area (Å²) in [5.74, 6) is 0.741. The molecule has 22 heavy (non-hydrogen) atoms. The van der Waals surface area contributed by atoms with Crippen LogP contribution in [0.5, 0.6) is 0 Å². The predicted octanol–water partition coefficient (Wildman–Crippen LogP) is 4.18. The van der Waals surface area contributed by atoms with Gasteiger partial charge in [-0.2, -0.15) is 0 Å². The largest absolute Gasteiger partial charge is 0.328 e. The van der Waals surface area contributed by atoms with Crippen LogP contribution in [0.15, 0.2) is 35.9 Å². The maximum absolute atomic E-state index is 5.97. The van der Waals surface area contributed by atoms with Gasteiger partial charge in [-0.25, -0.2) is 0 Å². The van der Waals surface area contributed by atoms with Crippen molar-refractivity contribution in [1.29, 1.82) is 0 Å². The Morgan fingerprint density at radius 1 is 1.09 bits per heavy atom. The molecule has 0 radical (unpaired) electrons. The molecule has 2 unspecified atom stereocenters. The molecule has 0 bridgehead atoms. The van der Waals surface area contributed by atoms with Gasteiger partial charge < -0.3 is 11.1 Å². The molecule has 3 N–H and O–H groups in total. The van der Waals surface area contributed by atoms with Gasteiger partial charge in [0.05, 0.1) is 0 Å². The first-order valence-corrected chi connectivity index (χ1v) is 7.97. The molecule has 1 aromatic carbocycles. The van der Waals surface area contributed by atoms with E-state index >= 15 is 0 Å². The molecule has 1 aromatic rings. The molecular formula is C18H28Cl2N2. The van der Waals surface area contributed by atoms with Gasteiger partial charge in [-0.15, -0.1) is 24.8 Å². The van der Waals surface area contributed by atoms with Crippen molar-refractivity contribution in [3.05, 3.63) is 41.5 Å². The van der Waals surface area contributed by atoms with Gasteiger partial charge in [-0.1, -0.05) is 42.0 Å². The SMILES string of the molecule is C/C(=C\c1ccccc1)C1CC1NC1CCC(N)CC1.Cl.Cl. The average Bonchev–Trinajstić information content (AvgIpc) is 3.22. The fourth-order valence-corrected chi connectivity index (χ4v) is 3.39. The fraction of sp³-hybridized carbons (Fsp3) is 0.556. The van der Waals surface area contributed by atoms with Crippen LogP contribution >= 0.6 is 24.8 Å². The van der Waals surface area contributed by atoms with Gasteiger partial charge in [0.1, 0.15) is 0 Å². The molecule has 0 heterocycles. The number of nitrogens with two attached hydrogens (primary N) is 1. The van der Waals surface area contributed by atoms with Crippen molar-refractivity contribution in [2.75, 3.05) is 0 Å². The second-order valence-corrected chi connectivity index (χ2v) is 6.53. The van der Waals surface area contributed by atoms with Crippen molar-refractivity contribution in [3.8, 4) is 0 Å². The van der Waals surface area contributed by atoms with Crippen molar-refractivity contribution in [2.45, 2.75) is 57.2 Å². The predicted molar refractivity (Wildman–Crippen MR) is 99.9 cm³/mol. The van der Waals surface area contributed by atoms with Crippen molar-refractivity contribution in [2.24, 2.45) is 11.7 Å².